The predicted molar refractivity (Wildman–Crippen MR) is 85.5 cm³/mol. The molecule has 0 atom stereocenters. The van der Waals surface area contributed by atoms with Gasteiger partial charge in [0.2, 0.25) is 10.0 Å². The van der Waals surface area contributed by atoms with Crippen LogP contribution in [-0.4, -0.2) is 66.1 Å². The average molecular weight is 341 g/mol. The predicted octanol–water partition coefficient (Wildman–Crippen LogP) is 0.0972. The number of carbonyl (C=O) groups is 1. The van der Waals surface area contributed by atoms with Crippen LogP contribution in [-0.2, 0) is 22.1 Å². The molecular formula is C14H23N5O3S. The van der Waals surface area contributed by atoms with Crippen molar-refractivity contribution in [3.8, 4) is 0 Å². The van der Waals surface area contributed by atoms with E-state index in [1.807, 2.05) is 6.92 Å². The first-order valence-electron chi connectivity index (χ1n) is 7.77. The number of hydrogen-bond donors (Lipinski definition) is 1. The summed E-state index contributed by atoms with van der Waals surface area (Å²) < 4.78 is 28.4. The summed E-state index contributed by atoms with van der Waals surface area (Å²) in [5.74, 6) is 0.809. The molecular weight excluding hydrogens is 318 g/mol. The Hall–Kier alpha value is -1.61. The van der Waals surface area contributed by atoms with Crippen molar-refractivity contribution in [2.75, 3.05) is 32.9 Å². The van der Waals surface area contributed by atoms with E-state index in [9.17, 15) is 13.2 Å². The van der Waals surface area contributed by atoms with Crippen LogP contribution in [0.4, 0.5) is 4.79 Å². The molecule has 1 spiro atoms. The van der Waals surface area contributed by atoms with Gasteiger partial charge in [-0.3, -0.25) is 0 Å². The second-order valence-corrected chi connectivity index (χ2v) is 8.19. The number of urea groups is 1. The molecule has 0 bridgehead atoms. The highest BCUT2D eigenvalue weighted by molar-refractivity contribution is 7.88. The summed E-state index contributed by atoms with van der Waals surface area (Å²) in [6, 6.07) is -0.124. The zero-order valence-electron chi connectivity index (χ0n) is 13.7. The Morgan fingerprint density at radius 2 is 1.91 bits per heavy atom. The number of likely N-dealkylation sites (tertiary alicyclic amines) is 1. The second kappa shape index (κ2) is 5.48. The summed E-state index contributed by atoms with van der Waals surface area (Å²) in [6.07, 6.45) is 4.17. The lowest BCUT2D eigenvalue weighted by Crippen LogP contribution is -2.60. The Labute approximate surface area is 136 Å². The monoisotopic (exact) mass is 341 g/mol. The minimum Gasteiger partial charge on any atom is -0.341 e. The van der Waals surface area contributed by atoms with Crippen molar-refractivity contribution in [3.63, 3.8) is 0 Å². The molecule has 1 aromatic heterocycles. The van der Waals surface area contributed by atoms with Crippen LogP contribution in [0.15, 0.2) is 6.20 Å². The number of nitrogens with one attached hydrogen (secondary N) is 1. The number of aryl methyl sites for hydroxylation is 1. The molecule has 128 valence electrons. The summed E-state index contributed by atoms with van der Waals surface area (Å²) in [4.78, 5) is 18.1. The summed E-state index contributed by atoms with van der Waals surface area (Å²) >= 11 is 0. The van der Waals surface area contributed by atoms with E-state index in [0.29, 0.717) is 39.0 Å². The number of nitrogens with zero attached hydrogens (tertiary/aromatic N) is 4. The number of fused-ring (bicyclic) bond motifs is 2. The van der Waals surface area contributed by atoms with E-state index in [1.54, 1.807) is 22.4 Å². The maximum Gasteiger partial charge on any atom is 0.317 e. The number of sulfonamides is 1. The lowest BCUT2D eigenvalue weighted by atomic mass is 9.85. The maximum absolute atomic E-state index is 12.3. The van der Waals surface area contributed by atoms with Crippen LogP contribution in [0.2, 0.25) is 0 Å². The fourth-order valence-corrected chi connectivity index (χ4v) is 5.14. The minimum atomic E-state index is -3.35. The number of carbonyl (C=O) groups excluding carboxylic acids is 1. The van der Waals surface area contributed by atoms with Crippen LogP contribution in [0.25, 0.3) is 0 Å². The summed E-state index contributed by atoms with van der Waals surface area (Å²) in [5, 5.41) is 2.63. The maximum atomic E-state index is 12.3. The van der Waals surface area contributed by atoms with E-state index in [-0.39, 0.29) is 6.03 Å². The van der Waals surface area contributed by atoms with Gasteiger partial charge in [0, 0.05) is 45.1 Å². The van der Waals surface area contributed by atoms with Gasteiger partial charge in [-0.15, -0.1) is 0 Å². The quantitative estimate of drug-likeness (QED) is 0.785. The van der Waals surface area contributed by atoms with Gasteiger partial charge in [0.15, 0.2) is 0 Å². The Morgan fingerprint density at radius 1 is 1.26 bits per heavy atom. The Balaban J connectivity index is 2.01. The Bertz CT molecular complexity index is 719. The van der Waals surface area contributed by atoms with Crippen molar-refractivity contribution in [3.05, 3.63) is 17.7 Å². The second-order valence-electron chi connectivity index (χ2n) is 6.28. The highest BCUT2D eigenvalue weighted by Crippen LogP contribution is 2.42. The van der Waals surface area contributed by atoms with Gasteiger partial charge < -0.3 is 14.8 Å². The first-order chi connectivity index (χ1) is 10.8. The third kappa shape index (κ3) is 2.51. The van der Waals surface area contributed by atoms with Gasteiger partial charge >= 0.3 is 6.03 Å². The van der Waals surface area contributed by atoms with Crippen LogP contribution in [0.5, 0.6) is 0 Å². The fourth-order valence-electron chi connectivity index (χ4n) is 3.83. The van der Waals surface area contributed by atoms with Gasteiger partial charge in [0.1, 0.15) is 5.82 Å². The van der Waals surface area contributed by atoms with Crippen LogP contribution in [0.1, 0.15) is 24.4 Å². The molecule has 1 aromatic rings. The summed E-state index contributed by atoms with van der Waals surface area (Å²) in [7, 11) is -1.75. The van der Waals surface area contributed by atoms with Gasteiger partial charge in [0.25, 0.3) is 0 Å². The van der Waals surface area contributed by atoms with E-state index in [4.69, 9.17) is 0 Å². The van der Waals surface area contributed by atoms with E-state index in [1.165, 1.54) is 6.26 Å². The first kappa shape index (κ1) is 16.3. The van der Waals surface area contributed by atoms with E-state index < -0.39 is 15.6 Å². The molecule has 0 radical (unpaired) electrons. The van der Waals surface area contributed by atoms with E-state index in [0.717, 1.165) is 11.5 Å². The third-order valence-corrected chi connectivity index (χ3v) is 6.30. The SMILES string of the molecule is CNC(=O)N1CCC2(CC1)c1ncc(C)n1CCN2S(C)(=O)=O. The van der Waals surface area contributed by atoms with Crippen molar-refractivity contribution in [1.82, 2.24) is 24.1 Å². The van der Waals surface area contributed by atoms with Crippen molar-refractivity contribution in [1.29, 1.82) is 0 Å². The fraction of sp³-hybridized carbons (Fsp3) is 0.714. The van der Waals surface area contributed by atoms with Crippen LogP contribution in [0.3, 0.4) is 0 Å². The third-order valence-electron chi connectivity index (χ3n) is 4.97. The van der Waals surface area contributed by atoms with Crippen LogP contribution >= 0.6 is 0 Å². The van der Waals surface area contributed by atoms with E-state index in [2.05, 4.69) is 14.9 Å². The largest absolute Gasteiger partial charge is 0.341 e. The number of aromatic nitrogens is 2. The average Bonchev–Trinajstić information content (AvgIpc) is 2.89. The van der Waals surface area contributed by atoms with Gasteiger partial charge in [-0.05, 0) is 19.8 Å². The molecule has 1 fully saturated rings. The molecule has 1 N–H and O–H groups in total. The molecule has 9 heteroatoms. The lowest BCUT2D eigenvalue weighted by Gasteiger charge is -2.49. The molecule has 23 heavy (non-hydrogen) atoms. The normalized spacial score (nSPS) is 21.3. The molecule has 3 rings (SSSR count). The molecule has 1 saturated heterocycles. The zero-order chi connectivity index (χ0) is 16.8. The number of amides is 2. The zero-order valence-corrected chi connectivity index (χ0v) is 14.6. The molecule has 0 saturated carbocycles. The molecule has 3 heterocycles. The Kier molecular flexibility index (Phi) is 3.88. The smallest absolute Gasteiger partial charge is 0.317 e. The van der Waals surface area contributed by atoms with Gasteiger partial charge in [-0.2, -0.15) is 4.31 Å². The standard InChI is InChI=1S/C14H23N5O3S/c1-11-10-16-12-14(4-6-17(7-5-14)13(20)15-2)19(23(3,21)22)9-8-18(11)12/h10H,4-9H2,1-3H3,(H,15,20). The first-order valence-corrected chi connectivity index (χ1v) is 9.61. The molecule has 0 aromatic carbocycles. The summed E-state index contributed by atoms with van der Waals surface area (Å²) in [6.45, 7) is 4.08. The topological polar surface area (TPSA) is 87.5 Å². The molecule has 2 aliphatic heterocycles. The Morgan fingerprint density at radius 3 is 2.48 bits per heavy atom. The van der Waals surface area contributed by atoms with Gasteiger partial charge in [-0.1, -0.05) is 0 Å². The van der Waals surface area contributed by atoms with Gasteiger partial charge in [-0.25, -0.2) is 18.2 Å². The highest BCUT2D eigenvalue weighted by atomic mass is 32.2. The lowest BCUT2D eigenvalue weighted by molar-refractivity contribution is 0.0598. The number of imidazole rings is 1. The number of piperidine rings is 1. The van der Waals surface area contributed by atoms with E-state index >= 15 is 0 Å². The number of rotatable bonds is 1. The summed E-state index contributed by atoms with van der Waals surface area (Å²) in [5.41, 5.74) is 0.395. The molecule has 8 nitrogen and oxygen atoms in total. The van der Waals surface area contributed by atoms with Crippen LogP contribution in [0, 0.1) is 6.92 Å². The van der Waals surface area contributed by atoms with Crippen molar-refractivity contribution < 1.29 is 13.2 Å². The minimum absolute atomic E-state index is 0.124. The van der Waals surface area contributed by atoms with Crippen LogP contribution < -0.4 is 5.32 Å². The highest BCUT2D eigenvalue weighted by Gasteiger charge is 2.50. The van der Waals surface area contributed by atoms with Crippen molar-refractivity contribution in [2.24, 2.45) is 0 Å². The van der Waals surface area contributed by atoms with Crippen molar-refractivity contribution >= 4 is 16.1 Å². The van der Waals surface area contributed by atoms with Crippen molar-refractivity contribution in [2.45, 2.75) is 31.8 Å². The molecule has 2 aliphatic rings. The number of hydrogen-bond acceptors (Lipinski definition) is 4. The molecule has 0 unspecified atom stereocenters. The van der Waals surface area contributed by atoms with Gasteiger partial charge in [0.05, 0.1) is 11.8 Å². The molecule has 2 amide bonds. The molecule has 0 aliphatic carbocycles.